The fourth-order valence-corrected chi connectivity index (χ4v) is 10.2. The zero-order valence-electron chi connectivity index (χ0n) is 37.8. The smallest absolute Gasteiger partial charge is 0.333 e. The van der Waals surface area contributed by atoms with Crippen LogP contribution in [-0.2, 0) is 30.2 Å². The molecule has 3 fully saturated rings. The van der Waals surface area contributed by atoms with Crippen LogP contribution >= 0.6 is 0 Å². The maximum atomic E-state index is 16.3. The third-order valence-electron chi connectivity index (χ3n) is 13.5. The van der Waals surface area contributed by atoms with Crippen molar-refractivity contribution in [3.8, 4) is 17.2 Å². The van der Waals surface area contributed by atoms with Gasteiger partial charge in [-0.2, -0.15) is 0 Å². The second-order valence-electron chi connectivity index (χ2n) is 18.5. The number of methoxy groups -OCH3 is 1. The SMILES string of the molecule is COC(=O)/C(C)=C\CC12OC(C)(C)C(C)C13Oc1c(CC=C(C)C)c4c(c(OCCNCCO)c1C(=O)C3C(N1CCOCC1)C(C)C2=O)C=CC(C)(CCC=C(C)C)O4. The highest BCUT2D eigenvalue weighted by Gasteiger charge is 2.81. The van der Waals surface area contributed by atoms with Crippen LogP contribution in [0.15, 0.2) is 41.0 Å². The van der Waals surface area contributed by atoms with Crippen molar-refractivity contribution in [1.29, 1.82) is 0 Å². The van der Waals surface area contributed by atoms with Gasteiger partial charge in [0.25, 0.3) is 0 Å². The second-order valence-corrected chi connectivity index (χ2v) is 18.5. The molecule has 330 valence electrons. The molecule has 1 spiro atoms. The van der Waals surface area contributed by atoms with E-state index >= 15 is 9.59 Å². The third-order valence-corrected chi connectivity index (χ3v) is 13.5. The molecule has 0 bridgehead atoms. The molecular weight excluding hydrogens is 765 g/mol. The molecule has 4 heterocycles. The average molecular weight is 833 g/mol. The standard InChI is InChI=1S/C48H68N2O10/c1-29(2)13-12-18-46(10)19-17-35-40(58-46)34(15-14-30(3)4)42-36(41(35)57-26-22-49-21-25-51)39(52)37-38(50-23-27-56-28-24-50)32(6)43(53)47(20-16-31(5)44(54)55-11)48(37,59-42)33(7)45(8,9)60-47/h13-14,16-17,19,32-33,37-38,49,51H,12,15,18,20-28H2,1-11H3/b31-16-. The molecule has 0 radical (unpaired) electrons. The molecule has 2 saturated heterocycles. The van der Waals surface area contributed by atoms with E-state index < -0.39 is 52.2 Å². The minimum absolute atomic E-state index is 0.00434. The first kappa shape index (κ1) is 45.7. The first-order valence-electron chi connectivity index (χ1n) is 21.8. The Kier molecular flexibility index (Phi) is 13.6. The first-order chi connectivity index (χ1) is 28.4. The van der Waals surface area contributed by atoms with Crippen LogP contribution in [-0.4, -0.2) is 116 Å². The summed E-state index contributed by atoms with van der Waals surface area (Å²) in [6, 6.07) is -0.553. The predicted octanol–water partition coefficient (Wildman–Crippen LogP) is 6.61. The fourth-order valence-electron chi connectivity index (χ4n) is 10.2. The molecule has 0 amide bonds. The Bertz CT molecular complexity index is 1950. The Morgan fingerprint density at radius 1 is 0.983 bits per heavy atom. The largest absolute Gasteiger partial charge is 0.491 e. The Balaban J connectivity index is 1.68. The molecule has 7 unspecified atom stereocenters. The maximum absolute atomic E-state index is 16.3. The zero-order chi connectivity index (χ0) is 43.8. The van der Waals surface area contributed by atoms with Gasteiger partial charge in [0, 0.05) is 61.6 Å². The van der Waals surface area contributed by atoms with Gasteiger partial charge in [0.2, 0.25) is 0 Å². The van der Waals surface area contributed by atoms with Crippen molar-refractivity contribution in [3.63, 3.8) is 0 Å². The minimum Gasteiger partial charge on any atom is -0.491 e. The van der Waals surface area contributed by atoms with E-state index in [1.807, 2.05) is 47.6 Å². The summed E-state index contributed by atoms with van der Waals surface area (Å²) in [6.45, 7) is 22.8. The number of nitrogens with one attached hydrogen (secondary N) is 1. The van der Waals surface area contributed by atoms with Gasteiger partial charge >= 0.3 is 5.97 Å². The third kappa shape index (κ3) is 8.03. The summed E-state index contributed by atoms with van der Waals surface area (Å²) in [5, 5.41) is 12.7. The number of ketones is 2. The predicted molar refractivity (Wildman–Crippen MR) is 231 cm³/mol. The summed E-state index contributed by atoms with van der Waals surface area (Å²) in [6.07, 6.45) is 12.0. The lowest BCUT2D eigenvalue weighted by atomic mass is 9.51. The van der Waals surface area contributed by atoms with Crippen LogP contribution in [0.5, 0.6) is 17.2 Å². The van der Waals surface area contributed by atoms with Gasteiger partial charge in [0.05, 0.1) is 44.0 Å². The number of fused-ring (bicyclic) bond motifs is 2. The lowest BCUT2D eigenvalue weighted by Gasteiger charge is -2.60. The second kappa shape index (κ2) is 17.9. The summed E-state index contributed by atoms with van der Waals surface area (Å²) in [5.41, 5.74) is -0.473. The van der Waals surface area contributed by atoms with E-state index in [0.717, 1.165) is 12.0 Å². The van der Waals surface area contributed by atoms with Crippen molar-refractivity contribution in [1.82, 2.24) is 10.2 Å². The van der Waals surface area contributed by atoms with Crippen molar-refractivity contribution in [2.45, 2.75) is 123 Å². The van der Waals surface area contributed by atoms with Crippen molar-refractivity contribution >= 4 is 23.6 Å². The topological polar surface area (TPSA) is 142 Å². The van der Waals surface area contributed by atoms with Crippen LogP contribution in [0.3, 0.4) is 0 Å². The van der Waals surface area contributed by atoms with Gasteiger partial charge in [-0.3, -0.25) is 14.5 Å². The normalized spacial score (nSPS) is 30.6. The van der Waals surface area contributed by atoms with Gasteiger partial charge in [-0.25, -0.2) is 4.79 Å². The number of allylic oxidation sites excluding steroid dienone is 4. The van der Waals surface area contributed by atoms with Gasteiger partial charge in [-0.1, -0.05) is 43.2 Å². The molecule has 6 rings (SSSR count). The maximum Gasteiger partial charge on any atom is 0.333 e. The number of aliphatic hydroxyl groups is 1. The Morgan fingerprint density at radius 3 is 2.33 bits per heavy atom. The molecule has 12 heteroatoms. The minimum atomic E-state index is -1.66. The van der Waals surface area contributed by atoms with E-state index in [0.29, 0.717) is 91.7 Å². The number of carbonyl (C=O) groups excluding carboxylic acids is 3. The Labute approximate surface area is 356 Å². The molecule has 12 nitrogen and oxygen atoms in total. The number of esters is 1. The van der Waals surface area contributed by atoms with E-state index in [1.165, 1.54) is 12.7 Å². The fraction of sp³-hybridized carbons (Fsp3) is 0.646. The molecule has 1 aromatic carbocycles. The monoisotopic (exact) mass is 832 g/mol. The number of hydrogen-bond acceptors (Lipinski definition) is 12. The molecule has 0 aromatic heterocycles. The van der Waals surface area contributed by atoms with E-state index in [2.05, 4.69) is 49.2 Å². The number of aliphatic hydroxyl groups excluding tert-OH is 1. The molecule has 60 heavy (non-hydrogen) atoms. The van der Waals surface area contributed by atoms with Crippen molar-refractivity contribution in [2.24, 2.45) is 17.8 Å². The number of rotatable bonds is 15. The lowest BCUT2D eigenvalue weighted by Crippen LogP contribution is -2.78. The van der Waals surface area contributed by atoms with Crippen LogP contribution in [0.2, 0.25) is 0 Å². The van der Waals surface area contributed by atoms with E-state index in [-0.39, 0.29) is 31.2 Å². The zero-order valence-corrected chi connectivity index (χ0v) is 37.8. The summed E-state index contributed by atoms with van der Waals surface area (Å²) >= 11 is 0. The molecule has 4 aliphatic heterocycles. The highest BCUT2D eigenvalue weighted by Crippen LogP contribution is 2.66. The van der Waals surface area contributed by atoms with Crippen LogP contribution in [0.4, 0.5) is 0 Å². The van der Waals surface area contributed by atoms with E-state index in [1.54, 1.807) is 13.0 Å². The quantitative estimate of drug-likeness (QED) is 0.0851. The van der Waals surface area contributed by atoms with Crippen LogP contribution in [0.1, 0.15) is 110 Å². The highest BCUT2D eigenvalue weighted by atomic mass is 16.6. The van der Waals surface area contributed by atoms with E-state index in [4.69, 9.17) is 28.4 Å². The lowest BCUT2D eigenvalue weighted by molar-refractivity contribution is -0.202. The van der Waals surface area contributed by atoms with Crippen LogP contribution in [0, 0.1) is 17.8 Å². The summed E-state index contributed by atoms with van der Waals surface area (Å²) in [5.74, 6) is -1.60. The van der Waals surface area contributed by atoms with Gasteiger partial charge in [-0.15, -0.1) is 0 Å². The summed E-state index contributed by atoms with van der Waals surface area (Å²) in [7, 11) is 1.33. The Hall–Kier alpha value is -3.81. The summed E-state index contributed by atoms with van der Waals surface area (Å²) in [4.78, 5) is 47.0. The number of carbonyl (C=O) groups is 3. The van der Waals surface area contributed by atoms with Crippen molar-refractivity contribution < 1.29 is 47.9 Å². The highest BCUT2D eigenvalue weighted by molar-refractivity contribution is 6.10. The van der Waals surface area contributed by atoms with Crippen LogP contribution < -0.4 is 19.5 Å². The number of hydrogen-bond donors (Lipinski definition) is 2. The molecule has 1 saturated carbocycles. The number of Topliss-reactive ketones (excluding diaryl/α,β-unsaturated/α-hetero) is 2. The van der Waals surface area contributed by atoms with Gasteiger partial charge in [-0.05, 0) is 86.8 Å². The van der Waals surface area contributed by atoms with Gasteiger partial charge in [0.1, 0.15) is 35.0 Å². The molecular formula is C48H68N2O10. The molecule has 5 aliphatic rings. The van der Waals surface area contributed by atoms with Crippen molar-refractivity contribution in [2.75, 3.05) is 59.7 Å². The molecule has 7 atom stereocenters. The average Bonchev–Trinajstić information content (AvgIpc) is 3.38. The number of morpholine rings is 1. The number of ether oxygens (including phenoxy) is 6. The van der Waals surface area contributed by atoms with Crippen molar-refractivity contribution in [3.05, 3.63) is 57.7 Å². The molecule has 2 N–H and O–H groups in total. The van der Waals surface area contributed by atoms with E-state index in [9.17, 15) is 9.90 Å². The van der Waals surface area contributed by atoms with Gasteiger partial charge in [0.15, 0.2) is 22.8 Å². The first-order valence-corrected chi connectivity index (χ1v) is 21.8. The summed E-state index contributed by atoms with van der Waals surface area (Å²) < 4.78 is 39.6. The number of nitrogens with zero attached hydrogens (tertiary/aromatic N) is 1. The molecule has 1 aliphatic carbocycles. The Morgan fingerprint density at radius 2 is 1.68 bits per heavy atom. The number of benzene rings is 1. The molecule has 1 aromatic rings. The van der Waals surface area contributed by atoms with Crippen LogP contribution in [0.25, 0.3) is 6.08 Å². The van der Waals surface area contributed by atoms with Gasteiger partial charge < -0.3 is 38.8 Å².